The van der Waals surface area contributed by atoms with Crippen molar-refractivity contribution in [3.63, 3.8) is 0 Å². The van der Waals surface area contributed by atoms with Crippen molar-refractivity contribution in [3.05, 3.63) is 125 Å². The third-order valence-electron chi connectivity index (χ3n) is 7.16. The zero-order valence-corrected chi connectivity index (χ0v) is 20.9. The van der Waals surface area contributed by atoms with Gasteiger partial charge < -0.3 is 9.47 Å². The Labute approximate surface area is 204 Å². The minimum atomic E-state index is -0.196. The predicted octanol–water partition coefficient (Wildman–Crippen LogP) is 8.70. The molecule has 0 aromatic heterocycles. The summed E-state index contributed by atoms with van der Waals surface area (Å²) in [6, 6.07) is 20.8. The average molecular weight is 451 g/mol. The lowest BCUT2D eigenvalue weighted by atomic mass is 9.69. The smallest absolute Gasteiger partial charge is 0.127 e. The molecule has 2 nitrogen and oxygen atoms in total. The first kappa shape index (κ1) is 23.6. The first-order valence-corrected chi connectivity index (χ1v) is 11.9. The summed E-state index contributed by atoms with van der Waals surface area (Å²) in [5, 5.41) is 0. The largest absolute Gasteiger partial charge is 0.458 e. The Kier molecular flexibility index (Phi) is 6.79. The van der Waals surface area contributed by atoms with Crippen molar-refractivity contribution < 1.29 is 9.47 Å². The maximum Gasteiger partial charge on any atom is 0.127 e. The standard InChI is InChI=1S/C32H34O2/c1-7-32(6,26-10-16-28(17-11-26)33-30-14-8-22(2)24(4)20-30)27-12-18-29(19-13-27)34-31-15-9-23(3)25(5)21-31/h7-12,14-21,27H,1,13H2,2-6H3. The van der Waals surface area contributed by atoms with Crippen molar-refractivity contribution in [3.8, 4) is 17.2 Å². The highest BCUT2D eigenvalue weighted by Crippen LogP contribution is 2.40. The van der Waals surface area contributed by atoms with Gasteiger partial charge in [-0.1, -0.05) is 43.3 Å². The van der Waals surface area contributed by atoms with Gasteiger partial charge in [0.1, 0.15) is 23.0 Å². The minimum absolute atomic E-state index is 0.196. The van der Waals surface area contributed by atoms with Crippen LogP contribution in [0, 0.1) is 33.6 Å². The average Bonchev–Trinajstić information content (AvgIpc) is 2.84. The highest BCUT2D eigenvalue weighted by Gasteiger charge is 2.32. The highest BCUT2D eigenvalue weighted by atomic mass is 16.5. The first-order chi connectivity index (χ1) is 16.3. The summed E-state index contributed by atoms with van der Waals surface area (Å²) in [6.07, 6.45) is 9.46. The third kappa shape index (κ3) is 5.02. The van der Waals surface area contributed by atoms with Crippen molar-refractivity contribution in [1.82, 2.24) is 0 Å². The summed E-state index contributed by atoms with van der Waals surface area (Å²) in [5.41, 5.74) is 6.02. The molecule has 0 N–H and O–H groups in total. The second-order valence-electron chi connectivity index (χ2n) is 9.52. The summed E-state index contributed by atoms with van der Waals surface area (Å²) in [4.78, 5) is 0. The molecule has 1 aliphatic carbocycles. The molecular formula is C32H34O2. The summed E-state index contributed by atoms with van der Waals surface area (Å²) >= 11 is 0. The molecule has 0 saturated heterocycles. The van der Waals surface area contributed by atoms with E-state index in [4.69, 9.17) is 9.47 Å². The number of ether oxygens (including phenoxy) is 2. The van der Waals surface area contributed by atoms with Crippen molar-refractivity contribution >= 4 is 0 Å². The lowest BCUT2D eigenvalue weighted by molar-refractivity contribution is 0.398. The van der Waals surface area contributed by atoms with Gasteiger partial charge in [0.25, 0.3) is 0 Å². The molecule has 0 spiro atoms. The number of rotatable bonds is 7. The van der Waals surface area contributed by atoms with Gasteiger partial charge in [0.2, 0.25) is 0 Å². The Morgan fingerprint density at radius 1 is 0.765 bits per heavy atom. The van der Waals surface area contributed by atoms with Crippen LogP contribution in [0.15, 0.2) is 97.3 Å². The summed E-state index contributed by atoms with van der Waals surface area (Å²) in [7, 11) is 0. The van der Waals surface area contributed by atoms with Gasteiger partial charge in [-0.3, -0.25) is 0 Å². The van der Waals surface area contributed by atoms with Crippen LogP contribution in [-0.2, 0) is 5.41 Å². The Morgan fingerprint density at radius 3 is 1.82 bits per heavy atom. The Morgan fingerprint density at radius 2 is 1.32 bits per heavy atom. The Bertz CT molecular complexity index is 1250. The molecule has 1 aliphatic rings. The predicted molar refractivity (Wildman–Crippen MR) is 142 cm³/mol. The third-order valence-corrected chi connectivity index (χ3v) is 7.16. The van der Waals surface area contributed by atoms with E-state index in [1.165, 1.54) is 27.8 Å². The highest BCUT2D eigenvalue weighted by molar-refractivity contribution is 5.42. The van der Waals surface area contributed by atoms with Gasteiger partial charge in [-0.15, -0.1) is 6.58 Å². The second-order valence-corrected chi connectivity index (χ2v) is 9.52. The fourth-order valence-corrected chi connectivity index (χ4v) is 4.31. The lowest BCUT2D eigenvalue weighted by Gasteiger charge is -2.35. The minimum Gasteiger partial charge on any atom is -0.458 e. The second kappa shape index (κ2) is 9.77. The normalized spacial score (nSPS) is 17.0. The molecule has 2 atom stereocenters. The van der Waals surface area contributed by atoms with Crippen LogP contribution < -0.4 is 9.47 Å². The molecule has 0 aliphatic heterocycles. The van der Waals surface area contributed by atoms with Crippen molar-refractivity contribution in [2.75, 3.05) is 0 Å². The van der Waals surface area contributed by atoms with Crippen LogP contribution in [0.4, 0.5) is 0 Å². The van der Waals surface area contributed by atoms with E-state index in [0.29, 0.717) is 5.92 Å². The van der Waals surface area contributed by atoms with E-state index < -0.39 is 0 Å². The molecule has 0 amide bonds. The molecule has 3 aromatic rings. The summed E-state index contributed by atoms with van der Waals surface area (Å²) in [5.74, 6) is 3.76. The lowest BCUT2D eigenvalue weighted by Crippen LogP contribution is -2.29. The zero-order chi connectivity index (χ0) is 24.3. The van der Waals surface area contributed by atoms with Crippen LogP contribution in [0.5, 0.6) is 17.2 Å². The summed E-state index contributed by atoms with van der Waals surface area (Å²) < 4.78 is 12.2. The van der Waals surface area contributed by atoms with Gasteiger partial charge in [0, 0.05) is 5.41 Å². The van der Waals surface area contributed by atoms with E-state index >= 15 is 0 Å². The van der Waals surface area contributed by atoms with E-state index in [0.717, 1.165) is 29.4 Å². The number of hydrogen-bond acceptors (Lipinski definition) is 2. The van der Waals surface area contributed by atoms with Crippen molar-refractivity contribution in [1.29, 1.82) is 0 Å². The molecule has 0 heterocycles. The fourth-order valence-electron chi connectivity index (χ4n) is 4.31. The Balaban J connectivity index is 1.45. The SMILES string of the molecule is C=CC(C)(c1ccc(Oc2ccc(C)c(C)c2)cc1)C1C=CC(Oc2ccc(C)c(C)c2)=CC1. The van der Waals surface area contributed by atoms with Gasteiger partial charge in [0.15, 0.2) is 0 Å². The molecule has 2 heteroatoms. The van der Waals surface area contributed by atoms with Gasteiger partial charge in [-0.25, -0.2) is 0 Å². The molecule has 0 bridgehead atoms. The molecule has 174 valence electrons. The molecule has 0 fully saturated rings. The Hall–Kier alpha value is -3.52. The number of aryl methyl sites for hydroxylation is 4. The van der Waals surface area contributed by atoms with Crippen LogP contribution in [0.25, 0.3) is 0 Å². The van der Waals surface area contributed by atoms with Gasteiger partial charge in [-0.05, 0) is 116 Å². The monoisotopic (exact) mass is 450 g/mol. The van der Waals surface area contributed by atoms with Crippen molar-refractivity contribution in [2.45, 2.75) is 46.5 Å². The van der Waals surface area contributed by atoms with E-state index in [1.54, 1.807) is 0 Å². The van der Waals surface area contributed by atoms with Gasteiger partial charge >= 0.3 is 0 Å². The van der Waals surface area contributed by atoms with Crippen LogP contribution >= 0.6 is 0 Å². The van der Waals surface area contributed by atoms with Crippen LogP contribution in [-0.4, -0.2) is 0 Å². The van der Waals surface area contributed by atoms with Gasteiger partial charge in [0.05, 0.1) is 0 Å². The number of allylic oxidation sites excluding steroid dienone is 4. The maximum absolute atomic E-state index is 6.11. The van der Waals surface area contributed by atoms with Crippen LogP contribution in [0.2, 0.25) is 0 Å². The van der Waals surface area contributed by atoms with E-state index in [9.17, 15) is 0 Å². The molecular weight excluding hydrogens is 416 g/mol. The van der Waals surface area contributed by atoms with Crippen LogP contribution in [0.3, 0.4) is 0 Å². The molecule has 3 aromatic carbocycles. The molecule has 34 heavy (non-hydrogen) atoms. The quantitative estimate of drug-likeness (QED) is 0.335. The molecule has 4 rings (SSSR count). The first-order valence-electron chi connectivity index (χ1n) is 11.9. The van der Waals surface area contributed by atoms with Crippen LogP contribution in [0.1, 0.15) is 41.2 Å². The van der Waals surface area contributed by atoms with Gasteiger partial charge in [-0.2, -0.15) is 0 Å². The molecule has 0 radical (unpaired) electrons. The van der Waals surface area contributed by atoms with Crippen molar-refractivity contribution in [2.24, 2.45) is 5.92 Å². The molecule has 2 unspecified atom stereocenters. The summed E-state index contributed by atoms with van der Waals surface area (Å²) in [6.45, 7) is 14.9. The number of benzene rings is 3. The fraction of sp³-hybridized carbons (Fsp3) is 0.250. The molecule has 0 saturated carbocycles. The van der Waals surface area contributed by atoms with E-state index in [-0.39, 0.29) is 5.41 Å². The number of hydrogen-bond donors (Lipinski definition) is 0. The zero-order valence-electron chi connectivity index (χ0n) is 20.9. The topological polar surface area (TPSA) is 18.5 Å². The van der Waals surface area contributed by atoms with E-state index in [2.05, 4.69) is 102 Å². The van der Waals surface area contributed by atoms with E-state index in [1.807, 2.05) is 24.3 Å². The maximum atomic E-state index is 6.11.